The molecule has 1 aromatic rings. The van der Waals surface area contributed by atoms with Gasteiger partial charge in [0.05, 0.1) is 18.8 Å². The Labute approximate surface area is 124 Å². The van der Waals surface area contributed by atoms with E-state index < -0.39 is 11.5 Å². The van der Waals surface area contributed by atoms with Crippen molar-refractivity contribution in [3.63, 3.8) is 0 Å². The molecule has 6 nitrogen and oxygen atoms in total. The summed E-state index contributed by atoms with van der Waals surface area (Å²) in [5.74, 6) is -0.708. The predicted molar refractivity (Wildman–Crippen MR) is 80.6 cm³/mol. The number of para-hydroxylation sites is 2. The quantitative estimate of drug-likeness (QED) is 0.681. The molecule has 0 aliphatic rings. The van der Waals surface area contributed by atoms with E-state index in [1.165, 1.54) is 0 Å². The minimum absolute atomic E-state index is 0.0862. The Morgan fingerprint density at radius 1 is 1.29 bits per heavy atom. The third-order valence-electron chi connectivity index (χ3n) is 3.28. The SMILES string of the molecule is CCOc1ccccc1NC(=O)CNC(C)(CC)C(=O)O. The van der Waals surface area contributed by atoms with E-state index in [9.17, 15) is 9.59 Å². The Balaban J connectivity index is 2.64. The fourth-order valence-electron chi connectivity index (χ4n) is 1.67. The van der Waals surface area contributed by atoms with Crippen LogP contribution in [0.2, 0.25) is 0 Å². The van der Waals surface area contributed by atoms with Crippen molar-refractivity contribution in [3.8, 4) is 5.75 Å². The van der Waals surface area contributed by atoms with Crippen LogP contribution in [-0.2, 0) is 9.59 Å². The molecule has 0 radical (unpaired) electrons. The molecule has 0 aliphatic carbocycles. The number of hydrogen-bond acceptors (Lipinski definition) is 4. The molecule has 0 aliphatic heterocycles. The van der Waals surface area contributed by atoms with Crippen LogP contribution in [0.15, 0.2) is 24.3 Å². The van der Waals surface area contributed by atoms with Crippen LogP contribution in [0.25, 0.3) is 0 Å². The van der Waals surface area contributed by atoms with Gasteiger partial charge < -0.3 is 15.2 Å². The van der Waals surface area contributed by atoms with E-state index in [1.54, 1.807) is 32.0 Å². The first kappa shape index (κ1) is 17.0. The molecule has 1 atom stereocenters. The number of aliphatic carboxylic acids is 1. The molecule has 21 heavy (non-hydrogen) atoms. The number of carboxylic acids is 1. The molecular formula is C15H22N2O4. The molecule has 1 unspecified atom stereocenters. The second-order valence-electron chi connectivity index (χ2n) is 4.82. The highest BCUT2D eigenvalue weighted by Crippen LogP contribution is 2.23. The summed E-state index contributed by atoms with van der Waals surface area (Å²) in [6, 6.07) is 7.11. The number of nitrogens with one attached hydrogen (secondary N) is 2. The molecule has 1 rings (SSSR count). The van der Waals surface area contributed by atoms with Crippen LogP contribution in [0.1, 0.15) is 27.2 Å². The number of rotatable bonds is 8. The molecule has 0 heterocycles. The Bertz CT molecular complexity index is 504. The van der Waals surface area contributed by atoms with Gasteiger partial charge >= 0.3 is 5.97 Å². The Morgan fingerprint density at radius 2 is 1.95 bits per heavy atom. The first-order valence-corrected chi connectivity index (χ1v) is 6.93. The van der Waals surface area contributed by atoms with Gasteiger partial charge in [-0.3, -0.25) is 14.9 Å². The number of anilines is 1. The predicted octanol–water partition coefficient (Wildman–Crippen LogP) is 1.87. The number of ether oxygens (including phenoxy) is 1. The summed E-state index contributed by atoms with van der Waals surface area (Å²) in [5.41, 5.74) is -0.545. The molecule has 3 N–H and O–H groups in total. The maximum atomic E-state index is 11.9. The van der Waals surface area contributed by atoms with Crippen molar-refractivity contribution in [2.24, 2.45) is 0 Å². The average molecular weight is 294 g/mol. The normalized spacial score (nSPS) is 13.3. The topological polar surface area (TPSA) is 87.7 Å². The molecule has 0 fully saturated rings. The maximum Gasteiger partial charge on any atom is 0.323 e. The van der Waals surface area contributed by atoms with Crippen molar-refractivity contribution in [1.82, 2.24) is 5.32 Å². The third kappa shape index (κ3) is 4.75. The van der Waals surface area contributed by atoms with Crippen LogP contribution in [0.5, 0.6) is 5.75 Å². The van der Waals surface area contributed by atoms with E-state index in [2.05, 4.69) is 10.6 Å². The van der Waals surface area contributed by atoms with Gasteiger partial charge in [-0.1, -0.05) is 19.1 Å². The third-order valence-corrected chi connectivity index (χ3v) is 3.28. The van der Waals surface area contributed by atoms with Gasteiger partial charge in [0.25, 0.3) is 0 Å². The van der Waals surface area contributed by atoms with Crippen molar-refractivity contribution < 1.29 is 19.4 Å². The van der Waals surface area contributed by atoms with Gasteiger partial charge in [0.2, 0.25) is 5.91 Å². The summed E-state index contributed by atoms with van der Waals surface area (Å²) >= 11 is 0. The first-order valence-electron chi connectivity index (χ1n) is 6.93. The number of carbonyl (C=O) groups excluding carboxylic acids is 1. The van der Waals surface area contributed by atoms with Gasteiger partial charge in [0.1, 0.15) is 11.3 Å². The van der Waals surface area contributed by atoms with Gasteiger partial charge in [-0.15, -0.1) is 0 Å². The summed E-state index contributed by atoms with van der Waals surface area (Å²) in [5, 5.41) is 14.6. The number of amides is 1. The summed E-state index contributed by atoms with van der Waals surface area (Å²) in [7, 11) is 0. The zero-order valence-corrected chi connectivity index (χ0v) is 12.6. The lowest BCUT2D eigenvalue weighted by atomic mass is 9.99. The van der Waals surface area contributed by atoms with E-state index in [0.29, 0.717) is 24.5 Å². The summed E-state index contributed by atoms with van der Waals surface area (Å²) in [6.07, 6.45) is 0.380. The number of hydrogen-bond donors (Lipinski definition) is 3. The van der Waals surface area contributed by atoms with E-state index >= 15 is 0 Å². The summed E-state index contributed by atoms with van der Waals surface area (Å²) < 4.78 is 5.41. The van der Waals surface area contributed by atoms with Gasteiger partial charge in [-0.05, 0) is 32.4 Å². The molecule has 6 heteroatoms. The van der Waals surface area contributed by atoms with Crippen molar-refractivity contribution in [2.45, 2.75) is 32.7 Å². The van der Waals surface area contributed by atoms with E-state index in [0.717, 1.165) is 0 Å². The smallest absolute Gasteiger partial charge is 0.323 e. The van der Waals surface area contributed by atoms with Gasteiger partial charge in [0, 0.05) is 0 Å². The Hall–Kier alpha value is -2.08. The molecule has 1 aromatic carbocycles. The zero-order valence-electron chi connectivity index (χ0n) is 12.6. The van der Waals surface area contributed by atoms with Crippen molar-refractivity contribution in [3.05, 3.63) is 24.3 Å². The van der Waals surface area contributed by atoms with Gasteiger partial charge in [0.15, 0.2) is 0 Å². The van der Waals surface area contributed by atoms with Crippen LogP contribution in [0.3, 0.4) is 0 Å². The molecule has 0 saturated carbocycles. The van der Waals surface area contributed by atoms with Crippen molar-refractivity contribution in [1.29, 1.82) is 0 Å². The molecule has 0 bridgehead atoms. The second-order valence-corrected chi connectivity index (χ2v) is 4.82. The highest BCUT2D eigenvalue weighted by molar-refractivity contribution is 5.94. The summed E-state index contributed by atoms with van der Waals surface area (Å²) in [6.45, 7) is 5.58. The molecular weight excluding hydrogens is 272 g/mol. The van der Waals surface area contributed by atoms with Crippen LogP contribution in [-0.4, -0.2) is 35.7 Å². The number of benzene rings is 1. The van der Waals surface area contributed by atoms with E-state index in [-0.39, 0.29) is 12.5 Å². The van der Waals surface area contributed by atoms with Crippen LogP contribution >= 0.6 is 0 Å². The van der Waals surface area contributed by atoms with Crippen molar-refractivity contribution in [2.75, 3.05) is 18.5 Å². The van der Waals surface area contributed by atoms with Crippen LogP contribution < -0.4 is 15.4 Å². The highest BCUT2D eigenvalue weighted by Gasteiger charge is 2.30. The maximum absolute atomic E-state index is 11.9. The lowest BCUT2D eigenvalue weighted by Gasteiger charge is -2.24. The fourth-order valence-corrected chi connectivity index (χ4v) is 1.67. The van der Waals surface area contributed by atoms with Crippen LogP contribution in [0, 0.1) is 0 Å². The second kappa shape index (κ2) is 7.64. The minimum atomic E-state index is -1.11. The molecule has 0 spiro atoms. The van der Waals surface area contributed by atoms with Gasteiger partial charge in [-0.2, -0.15) is 0 Å². The number of carboxylic acid groups (broad SMARTS) is 1. The largest absolute Gasteiger partial charge is 0.492 e. The summed E-state index contributed by atoms with van der Waals surface area (Å²) in [4.78, 5) is 23.1. The molecule has 116 valence electrons. The standard InChI is InChI=1S/C15H22N2O4/c1-4-15(3,14(19)20)16-10-13(18)17-11-8-6-7-9-12(11)21-5-2/h6-9,16H,4-5,10H2,1-3H3,(H,17,18)(H,19,20). The first-order chi connectivity index (χ1) is 9.92. The van der Waals surface area contributed by atoms with Crippen molar-refractivity contribution >= 4 is 17.6 Å². The minimum Gasteiger partial charge on any atom is -0.492 e. The fraction of sp³-hybridized carbons (Fsp3) is 0.467. The monoisotopic (exact) mass is 294 g/mol. The molecule has 0 aromatic heterocycles. The Morgan fingerprint density at radius 3 is 2.52 bits per heavy atom. The van der Waals surface area contributed by atoms with E-state index in [1.807, 2.05) is 13.0 Å². The van der Waals surface area contributed by atoms with Gasteiger partial charge in [-0.25, -0.2) is 0 Å². The molecule has 1 amide bonds. The zero-order chi connectivity index (χ0) is 15.9. The lowest BCUT2D eigenvalue weighted by molar-refractivity contribution is -0.144. The molecule has 0 saturated heterocycles. The lowest BCUT2D eigenvalue weighted by Crippen LogP contribution is -2.51. The Kier molecular flexibility index (Phi) is 6.17. The number of carbonyl (C=O) groups is 2. The average Bonchev–Trinajstić information content (AvgIpc) is 2.47. The highest BCUT2D eigenvalue weighted by atomic mass is 16.5. The van der Waals surface area contributed by atoms with E-state index in [4.69, 9.17) is 9.84 Å². The van der Waals surface area contributed by atoms with Crippen LogP contribution in [0.4, 0.5) is 5.69 Å².